The molecule has 0 fully saturated rings. The van der Waals surface area contributed by atoms with Crippen LogP contribution in [0.4, 0.5) is 24.5 Å². The maximum atomic E-state index is 12.8. The lowest BCUT2D eigenvalue weighted by molar-refractivity contribution is -0.127. The van der Waals surface area contributed by atoms with Gasteiger partial charge in [0.15, 0.2) is 12.0 Å². The van der Waals surface area contributed by atoms with Crippen LogP contribution < -0.4 is 10.6 Å². The summed E-state index contributed by atoms with van der Waals surface area (Å²) in [5.74, 6) is -0.874. The van der Waals surface area contributed by atoms with Crippen molar-refractivity contribution in [3.05, 3.63) is 47.6 Å². The third-order valence-electron chi connectivity index (χ3n) is 4.36. The second-order valence-corrected chi connectivity index (χ2v) is 6.32. The van der Waals surface area contributed by atoms with Gasteiger partial charge in [-0.1, -0.05) is 0 Å². The summed E-state index contributed by atoms with van der Waals surface area (Å²) in [5, 5.41) is 5.32. The highest BCUT2D eigenvalue weighted by Crippen LogP contribution is 2.36. The quantitative estimate of drug-likeness (QED) is 0.714. The number of carbonyl (C=O) groups is 2. The van der Waals surface area contributed by atoms with E-state index in [1.54, 1.807) is 6.07 Å². The van der Waals surface area contributed by atoms with Crippen LogP contribution in [0.5, 0.6) is 0 Å². The van der Waals surface area contributed by atoms with Gasteiger partial charge in [-0.25, -0.2) is 4.98 Å². The molecule has 2 aromatic heterocycles. The predicted molar refractivity (Wildman–Crippen MR) is 92.9 cm³/mol. The van der Waals surface area contributed by atoms with Crippen molar-refractivity contribution in [1.82, 2.24) is 9.97 Å². The zero-order chi connectivity index (χ0) is 19.9. The van der Waals surface area contributed by atoms with E-state index in [1.165, 1.54) is 18.7 Å². The second-order valence-electron chi connectivity index (χ2n) is 6.32. The predicted octanol–water partition coefficient (Wildman–Crippen LogP) is 3.46. The van der Waals surface area contributed by atoms with Crippen molar-refractivity contribution in [2.45, 2.75) is 25.4 Å². The number of fused-ring (bicyclic) bond motifs is 3. The summed E-state index contributed by atoms with van der Waals surface area (Å²) in [6.45, 7) is 0. The summed E-state index contributed by atoms with van der Waals surface area (Å²) < 4.78 is 43.7. The molecule has 1 aromatic carbocycles. The number of halogens is 3. The Hall–Kier alpha value is -3.43. The number of nitrogens with zero attached hydrogens (tertiary/aromatic N) is 2. The minimum Gasteiger partial charge on any atom is -0.441 e. The number of benzene rings is 1. The van der Waals surface area contributed by atoms with Crippen LogP contribution >= 0.6 is 0 Å². The van der Waals surface area contributed by atoms with Crippen LogP contribution in [0.3, 0.4) is 0 Å². The highest BCUT2D eigenvalue weighted by atomic mass is 19.4. The average Bonchev–Trinajstić information content (AvgIpc) is 3.12. The Labute approximate surface area is 156 Å². The van der Waals surface area contributed by atoms with E-state index in [9.17, 15) is 22.8 Å². The molecular weight excluding hydrogens is 377 g/mol. The maximum Gasteiger partial charge on any atom is 0.393 e. The van der Waals surface area contributed by atoms with E-state index in [2.05, 4.69) is 20.6 Å². The summed E-state index contributed by atoms with van der Waals surface area (Å²) in [4.78, 5) is 32.1. The van der Waals surface area contributed by atoms with E-state index in [1.807, 2.05) is 0 Å². The molecule has 144 valence electrons. The molecule has 0 saturated carbocycles. The van der Waals surface area contributed by atoms with Gasteiger partial charge in [-0.15, -0.1) is 0 Å². The first-order chi connectivity index (χ1) is 13.3. The topological polar surface area (TPSA) is 97.1 Å². The molecule has 7 nitrogen and oxygen atoms in total. The first-order valence-corrected chi connectivity index (χ1v) is 8.32. The van der Waals surface area contributed by atoms with Crippen LogP contribution in [0.1, 0.15) is 27.9 Å². The van der Waals surface area contributed by atoms with E-state index in [0.29, 0.717) is 28.9 Å². The van der Waals surface area contributed by atoms with Gasteiger partial charge >= 0.3 is 6.18 Å². The van der Waals surface area contributed by atoms with Crippen LogP contribution in [0.2, 0.25) is 0 Å². The molecule has 0 atom stereocenters. The van der Waals surface area contributed by atoms with Gasteiger partial charge in [0.05, 0.1) is 17.8 Å². The number of amides is 2. The van der Waals surface area contributed by atoms with Gasteiger partial charge in [0.2, 0.25) is 5.91 Å². The van der Waals surface area contributed by atoms with Crippen LogP contribution in [0.15, 0.2) is 35.3 Å². The Morgan fingerprint density at radius 2 is 2.14 bits per heavy atom. The van der Waals surface area contributed by atoms with Crippen LogP contribution in [-0.4, -0.2) is 28.0 Å². The number of pyridine rings is 1. The number of hydrogen-bond acceptors (Lipinski definition) is 5. The minimum atomic E-state index is -4.47. The molecule has 28 heavy (non-hydrogen) atoms. The molecule has 10 heteroatoms. The lowest BCUT2D eigenvalue weighted by atomic mass is 10.0. The molecule has 0 spiro atoms. The lowest BCUT2D eigenvalue weighted by Gasteiger charge is -2.18. The Bertz CT molecular complexity index is 1090. The number of carbonyl (C=O) groups excluding carboxylic acids is 2. The van der Waals surface area contributed by atoms with Gasteiger partial charge in [0.25, 0.3) is 5.91 Å². The molecule has 2 amide bonds. The first kappa shape index (κ1) is 18.0. The Kier molecular flexibility index (Phi) is 4.25. The van der Waals surface area contributed by atoms with Gasteiger partial charge in [0, 0.05) is 24.4 Å². The molecule has 0 saturated heterocycles. The molecule has 0 aliphatic carbocycles. The zero-order valence-electron chi connectivity index (χ0n) is 14.3. The fourth-order valence-electron chi connectivity index (χ4n) is 3.15. The Morgan fingerprint density at radius 3 is 2.93 bits per heavy atom. The summed E-state index contributed by atoms with van der Waals surface area (Å²) in [6.07, 6.45) is -1.57. The molecular formula is C18H13F3N4O3. The number of rotatable bonds is 3. The normalized spacial score (nSPS) is 13.9. The third-order valence-corrected chi connectivity index (χ3v) is 4.36. The van der Waals surface area contributed by atoms with E-state index in [-0.39, 0.29) is 23.5 Å². The average molecular weight is 390 g/mol. The molecule has 1 aliphatic rings. The Morgan fingerprint density at radius 1 is 1.32 bits per heavy atom. The van der Waals surface area contributed by atoms with E-state index in [4.69, 9.17) is 4.42 Å². The standard InChI is InChI=1S/C18H13F3N4O3/c19-18(20,21)6-10-7-22-4-3-11(10)17(27)24-12-5-9-1-2-13(26)25-14(9)16-15(12)23-8-28-16/h3-5,7-8H,1-2,6H2,(H,24,27)(H,25,26). The van der Waals surface area contributed by atoms with Crippen molar-refractivity contribution in [3.8, 4) is 0 Å². The number of oxazole rings is 1. The van der Waals surface area contributed by atoms with Crippen LogP contribution in [0.25, 0.3) is 11.1 Å². The van der Waals surface area contributed by atoms with Crippen molar-refractivity contribution in [1.29, 1.82) is 0 Å². The Balaban J connectivity index is 1.70. The van der Waals surface area contributed by atoms with E-state index < -0.39 is 18.5 Å². The number of aryl methyl sites for hydroxylation is 1. The van der Waals surface area contributed by atoms with Crippen molar-refractivity contribution in [2.24, 2.45) is 0 Å². The molecule has 0 radical (unpaired) electrons. The summed E-state index contributed by atoms with van der Waals surface area (Å²) >= 11 is 0. The second kappa shape index (κ2) is 6.63. The monoisotopic (exact) mass is 390 g/mol. The number of alkyl halides is 3. The molecule has 2 N–H and O–H groups in total. The van der Waals surface area contributed by atoms with Crippen molar-refractivity contribution >= 4 is 34.3 Å². The molecule has 0 unspecified atom stereocenters. The van der Waals surface area contributed by atoms with Crippen LogP contribution in [0, 0.1) is 0 Å². The van der Waals surface area contributed by atoms with Gasteiger partial charge in [-0.05, 0) is 29.7 Å². The SMILES string of the molecule is O=C1CCc2cc(NC(=O)c3ccncc3CC(F)(F)F)c3ncoc3c2N1. The smallest absolute Gasteiger partial charge is 0.393 e. The van der Waals surface area contributed by atoms with E-state index in [0.717, 1.165) is 11.8 Å². The number of anilines is 2. The van der Waals surface area contributed by atoms with E-state index >= 15 is 0 Å². The van der Waals surface area contributed by atoms with Crippen molar-refractivity contribution < 1.29 is 27.2 Å². The third kappa shape index (κ3) is 3.40. The molecule has 3 heterocycles. The molecule has 0 bridgehead atoms. The van der Waals surface area contributed by atoms with Crippen molar-refractivity contribution in [3.63, 3.8) is 0 Å². The van der Waals surface area contributed by atoms with Crippen LogP contribution in [-0.2, 0) is 17.6 Å². The van der Waals surface area contributed by atoms with Gasteiger partial charge in [0.1, 0.15) is 5.52 Å². The summed E-state index contributed by atoms with van der Waals surface area (Å²) in [5.41, 5.74) is 1.75. The fraction of sp³-hybridized carbons (Fsp3) is 0.222. The minimum absolute atomic E-state index is 0.130. The van der Waals surface area contributed by atoms with Gasteiger partial charge < -0.3 is 15.1 Å². The maximum absolute atomic E-state index is 12.8. The number of aromatic nitrogens is 2. The molecule has 4 rings (SSSR count). The van der Waals surface area contributed by atoms with Crippen molar-refractivity contribution in [2.75, 3.05) is 10.6 Å². The molecule has 3 aromatic rings. The fourth-order valence-corrected chi connectivity index (χ4v) is 3.15. The zero-order valence-corrected chi connectivity index (χ0v) is 14.3. The lowest BCUT2D eigenvalue weighted by Crippen LogP contribution is -2.21. The van der Waals surface area contributed by atoms with Gasteiger partial charge in [-0.2, -0.15) is 13.2 Å². The largest absolute Gasteiger partial charge is 0.441 e. The van der Waals surface area contributed by atoms with Gasteiger partial charge in [-0.3, -0.25) is 14.6 Å². The first-order valence-electron chi connectivity index (χ1n) is 8.32. The highest BCUT2D eigenvalue weighted by molar-refractivity contribution is 6.12. The highest BCUT2D eigenvalue weighted by Gasteiger charge is 2.30. The number of hydrogen-bond donors (Lipinski definition) is 2. The summed E-state index contributed by atoms with van der Waals surface area (Å²) in [7, 11) is 0. The number of nitrogens with one attached hydrogen (secondary N) is 2. The summed E-state index contributed by atoms with van der Waals surface area (Å²) in [6, 6.07) is 2.87. The molecule has 1 aliphatic heterocycles.